The van der Waals surface area contributed by atoms with Crippen LogP contribution in [0.3, 0.4) is 0 Å². The molecule has 7 heteroatoms. The molecule has 0 radical (unpaired) electrons. The summed E-state index contributed by atoms with van der Waals surface area (Å²) >= 11 is 0. The molecule has 142 valence electrons. The highest BCUT2D eigenvalue weighted by atomic mass is 19.2. The maximum atomic E-state index is 13.6. The predicted octanol–water partition coefficient (Wildman–Crippen LogP) is 4.58. The van der Waals surface area contributed by atoms with Gasteiger partial charge in [-0.05, 0) is 47.0 Å². The van der Waals surface area contributed by atoms with Crippen molar-refractivity contribution in [3.63, 3.8) is 0 Å². The number of hydrogen-bond donors (Lipinski definition) is 1. The third-order valence-corrected chi connectivity index (χ3v) is 5.04. The first-order valence-corrected chi connectivity index (χ1v) is 8.96. The number of nitrogens with one attached hydrogen (secondary N) is 1. The van der Waals surface area contributed by atoms with Crippen molar-refractivity contribution in [2.75, 3.05) is 4.90 Å². The van der Waals surface area contributed by atoms with Gasteiger partial charge in [0.25, 0.3) is 5.91 Å². The summed E-state index contributed by atoms with van der Waals surface area (Å²) in [6, 6.07) is 16.6. The molecule has 0 bridgehead atoms. The maximum absolute atomic E-state index is 13.6. The summed E-state index contributed by atoms with van der Waals surface area (Å²) in [4.78, 5) is 14.7. The van der Waals surface area contributed by atoms with Crippen molar-refractivity contribution < 1.29 is 13.6 Å². The van der Waals surface area contributed by atoms with Gasteiger partial charge in [-0.2, -0.15) is 15.4 Å². The van der Waals surface area contributed by atoms with E-state index < -0.39 is 11.6 Å². The molecular formula is C22H14F2N4O. The van der Waals surface area contributed by atoms with E-state index >= 15 is 0 Å². The highest BCUT2D eigenvalue weighted by Crippen LogP contribution is 2.33. The summed E-state index contributed by atoms with van der Waals surface area (Å²) in [6.07, 6.45) is 1.60. The Morgan fingerprint density at radius 2 is 1.72 bits per heavy atom. The molecule has 29 heavy (non-hydrogen) atoms. The smallest absolute Gasteiger partial charge is 0.258 e. The number of rotatable bonds is 3. The number of carbonyl (C=O) groups excluding carboxylic acids is 1. The van der Waals surface area contributed by atoms with E-state index in [2.05, 4.69) is 15.4 Å². The van der Waals surface area contributed by atoms with Crippen LogP contribution >= 0.6 is 0 Å². The molecule has 1 N–H and O–H groups in total. The van der Waals surface area contributed by atoms with Gasteiger partial charge in [-0.3, -0.25) is 4.79 Å². The molecule has 0 spiro atoms. The third-order valence-electron chi connectivity index (χ3n) is 5.04. The van der Waals surface area contributed by atoms with Gasteiger partial charge in [0, 0.05) is 16.8 Å². The fourth-order valence-electron chi connectivity index (χ4n) is 3.54. The average molecular weight is 388 g/mol. The number of aromatic amines is 1. The summed E-state index contributed by atoms with van der Waals surface area (Å²) in [5.41, 5.74) is 4.94. The van der Waals surface area contributed by atoms with Gasteiger partial charge < -0.3 is 4.90 Å². The van der Waals surface area contributed by atoms with Crippen LogP contribution in [0.2, 0.25) is 0 Å². The minimum atomic E-state index is -0.905. The molecule has 1 aliphatic heterocycles. The summed E-state index contributed by atoms with van der Waals surface area (Å²) in [5, 5.41) is 10.4. The van der Waals surface area contributed by atoms with Crippen molar-refractivity contribution in [1.29, 1.82) is 0 Å². The fourth-order valence-corrected chi connectivity index (χ4v) is 3.54. The van der Waals surface area contributed by atoms with Gasteiger partial charge >= 0.3 is 0 Å². The summed E-state index contributed by atoms with van der Waals surface area (Å²) in [6.45, 7) is 0.439. The second-order valence-corrected chi connectivity index (χ2v) is 6.80. The first-order valence-electron chi connectivity index (χ1n) is 8.96. The standard InChI is InChI=1S/C22H14F2N4O/c23-19-7-6-14(10-20(19)24)13-2-1-3-17(8-13)28-12-16-5-4-15(9-18(16)22(28)29)21-11-25-27-26-21/h1-11H,12H2,(H,25,26,27). The van der Waals surface area contributed by atoms with Crippen molar-refractivity contribution in [3.8, 4) is 22.4 Å². The van der Waals surface area contributed by atoms with Crippen LogP contribution in [0.25, 0.3) is 22.4 Å². The molecule has 0 saturated carbocycles. The van der Waals surface area contributed by atoms with Crippen LogP contribution in [0.5, 0.6) is 0 Å². The molecule has 0 unspecified atom stereocenters. The molecule has 0 fully saturated rings. The largest absolute Gasteiger partial charge is 0.304 e. The van der Waals surface area contributed by atoms with Crippen molar-refractivity contribution >= 4 is 11.6 Å². The molecule has 0 atom stereocenters. The minimum absolute atomic E-state index is 0.118. The number of hydrogen-bond acceptors (Lipinski definition) is 3. The molecule has 3 aromatic carbocycles. The zero-order chi connectivity index (χ0) is 20.0. The first-order chi connectivity index (χ1) is 14.1. The number of aromatic nitrogens is 3. The number of carbonyl (C=O) groups is 1. The average Bonchev–Trinajstić information content (AvgIpc) is 3.39. The Bertz CT molecular complexity index is 1240. The van der Waals surface area contributed by atoms with Crippen molar-refractivity contribution in [2.45, 2.75) is 6.54 Å². The second-order valence-electron chi connectivity index (χ2n) is 6.80. The third kappa shape index (κ3) is 2.97. The van der Waals surface area contributed by atoms with Gasteiger partial charge in [0.1, 0.15) is 5.69 Å². The van der Waals surface area contributed by atoms with Crippen LogP contribution in [-0.4, -0.2) is 21.3 Å². The Labute approximate surface area is 164 Å². The highest BCUT2D eigenvalue weighted by molar-refractivity contribution is 6.10. The molecule has 5 nitrogen and oxygen atoms in total. The van der Waals surface area contributed by atoms with Gasteiger partial charge in [-0.1, -0.05) is 30.3 Å². The van der Waals surface area contributed by atoms with Crippen molar-refractivity contribution in [1.82, 2.24) is 15.4 Å². The molecule has 0 aliphatic carbocycles. The number of amides is 1. The zero-order valence-electron chi connectivity index (χ0n) is 15.1. The van der Waals surface area contributed by atoms with Crippen molar-refractivity contribution in [2.24, 2.45) is 0 Å². The number of H-pyrrole nitrogens is 1. The summed E-state index contributed by atoms with van der Waals surface area (Å²) < 4.78 is 26.8. The fraction of sp³-hybridized carbons (Fsp3) is 0.0455. The SMILES string of the molecule is O=C1c2cc(-c3cn[nH]n3)ccc2CN1c1cccc(-c2ccc(F)c(F)c2)c1. The van der Waals surface area contributed by atoms with E-state index in [0.717, 1.165) is 23.3 Å². The van der Waals surface area contributed by atoms with Gasteiger partial charge in [-0.25, -0.2) is 8.78 Å². The molecule has 1 aliphatic rings. The Morgan fingerprint density at radius 3 is 2.52 bits per heavy atom. The lowest BCUT2D eigenvalue weighted by molar-refractivity contribution is 0.0996. The quantitative estimate of drug-likeness (QED) is 0.559. The Balaban J connectivity index is 1.48. The van der Waals surface area contributed by atoms with Crippen LogP contribution < -0.4 is 4.90 Å². The maximum Gasteiger partial charge on any atom is 0.258 e. The van der Waals surface area contributed by atoms with Gasteiger partial charge in [0.15, 0.2) is 11.6 Å². The van der Waals surface area contributed by atoms with Gasteiger partial charge in [0.2, 0.25) is 0 Å². The zero-order valence-corrected chi connectivity index (χ0v) is 15.1. The molecule has 0 saturated heterocycles. The Hall–Kier alpha value is -3.87. The molecule has 1 amide bonds. The predicted molar refractivity (Wildman–Crippen MR) is 104 cm³/mol. The van der Waals surface area contributed by atoms with E-state index in [1.807, 2.05) is 24.3 Å². The first kappa shape index (κ1) is 17.2. The minimum Gasteiger partial charge on any atom is -0.304 e. The normalized spacial score (nSPS) is 13.0. The van der Waals surface area contributed by atoms with Crippen LogP contribution in [0.1, 0.15) is 15.9 Å². The highest BCUT2D eigenvalue weighted by Gasteiger charge is 2.29. The summed E-state index contributed by atoms with van der Waals surface area (Å²) in [7, 11) is 0. The van der Waals surface area contributed by atoms with Crippen LogP contribution in [0.4, 0.5) is 14.5 Å². The van der Waals surface area contributed by atoms with E-state index in [1.54, 1.807) is 29.3 Å². The lowest BCUT2D eigenvalue weighted by atomic mass is 10.0. The summed E-state index contributed by atoms with van der Waals surface area (Å²) in [5.74, 6) is -1.91. The van der Waals surface area contributed by atoms with E-state index in [0.29, 0.717) is 34.6 Å². The van der Waals surface area contributed by atoms with E-state index in [-0.39, 0.29) is 5.91 Å². The topological polar surface area (TPSA) is 61.9 Å². The number of benzene rings is 3. The van der Waals surface area contributed by atoms with Crippen LogP contribution in [0, 0.1) is 11.6 Å². The second kappa shape index (κ2) is 6.63. The van der Waals surface area contributed by atoms with Gasteiger partial charge in [0.05, 0.1) is 12.7 Å². The Kier molecular flexibility index (Phi) is 3.94. The molecule has 5 rings (SSSR count). The molecule has 2 heterocycles. The van der Waals surface area contributed by atoms with E-state index in [1.165, 1.54) is 6.07 Å². The lowest BCUT2D eigenvalue weighted by Crippen LogP contribution is -2.22. The molecular weight excluding hydrogens is 374 g/mol. The van der Waals surface area contributed by atoms with Crippen LogP contribution in [0.15, 0.2) is 66.9 Å². The molecule has 1 aromatic heterocycles. The lowest BCUT2D eigenvalue weighted by Gasteiger charge is -2.17. The number of fused-ring (bicyclic) bond motifs is 1. The van der Waals surface area contributed by atoms with Crippen molar-refractivity contribution in [3.05, 3.63) is 89.6 Å². The number of halogens is 2. The monoisotopic (exact) mass is 388 g/mol. The molecule has 4 aromatic rings. The number of nitrogens with zero attached hydrogens (tertiary/aromatic N) is 3. The Morgan fingerprint density at radius 1 is 0.897 bits per heavy atom. The van der Waals surface area contributed by atoms with Gasteiger partial charge in [-0.15, -0.1) is 0 Å². The number of anilines is 1. The van der Waals surface area contributed by atoms with Crippen LogP contribution in [-0.2, 0) is 6.54 Å². The van der Waals surface area contributed by atoms with E-state index in [9.17, 15) is 13.6 Å². The van der Waals surface area contributed by atoms with E-state index in [4.69, 9.17) is 0 Å².